The molecular weight excluding hydrogens is 252 g/mol. The molecule has 0 saturated heterocycles. The van der Waals surface area contributed by atoms with Crippen molar-refractivity contribution < 1.29 is 0 Å². The van der Waals surface area contributed by atoms with E-state index in [4.69, 9.17) is 0 Å². The second kappa shape index (κ2) is 5.36. The Morgan fingerprint density at radius 2 is 1.90 bits per heavy atom. The molecule has 0 fully saturated rings. The molecule has 1 N–H and O–H groups in total. The van der Waals surface area contributed by atoms with Crippen LogP contribution in [0.5, 0.6) is 0 Å². The summed E-state index contributed by atoms with van der Waals surface area (Å²) in [4.78, 5) is 14.9. The van der Waals surface area contributed by atoms with Crippen LogP contribution < -0.4 is 5.56 Å². The third-order valence-corrected chi connectivity index (χ3v) is 2.84. The van der Waals surface area contributed by atoms with Crippen LogP contribution in [0.1, 0.15) is 11.3 Å². The minimum Gasteiger partial charge on any atom is -0.306 e. The number of benzene rings is 1. The molecule has 0 radical (unpaired) electrons. The molecule has 3 rings (SSSR count). The van der Waals surface area contributed by atoms with Gasteiger partial charge in [0.1, 0.15) is 0 Å². The zero-order valence-electron chi connectivity index (χ0n) is 10.6. The van der Waals surface area contributed by atoms with Crippen molar-refractivity contribution in [1.29, 1.82) is 0 Å². The number of imidazole rings is 1. The summed E-state index contributed by atoms with van der Waals surface area (Å²) in [5.74, 6) is 0. The zero-order chi connectivity index (χ0) is 13.8. The summed E-state index contributed by atoms with van der Waals surface area (Å²) in [6.45, 7) is 0. The number of aromatic nitrogens is 4. The van der Waals surface area contributed by atoms with Gasteiger partial charge >= 0.3 is 0 Å². The maximum Gasteiger partial charge on any atom is 0.264 e. The minimum absolute atomic E-state index is 0.202. The predicted molar refractivity (Wildman–Crippen MR) is 77.3 cm³/mol. The van der Waals surface area contributed by atoms with Crippen LogP contribution in [0.15, 0.2) is 59.9 Å². The Morgan fingerprint density at radius 1 is 1.05 bits per heavy atom. The van der Waals surface area contributed by atoms with Crippen LogP contribution in [0, 0.1) is 0 Å². The molecule has 0 amide bonds. The van der Waals surface area contributed by atoms with Crippen molar-refractivity contribution in [2.45, 2.75) is 0 Å². The van der Waals surface area contributed by atoms with E-state index < -0.39 is 0 Å². The molecule has 0 bridgehead atoms. The van der Waals surface area contributed by atoms with E-state index in [-0.39, 0.29) is 5.56 Å². The Kier molecular flexibility index (Phi) is 3.24. The van der Waals surface area contributed by atoms with Gasteiger partial charge in [-0.1, -0.05) is 18.2 Å². The van der Waals surface area contributed by atoms with E-state index in [9.17, 15) is 4.79 Å². The molecule has 3 aromatic rings. The summed E-state index contributed by atoms with van der Waals surface area (Å²) in [6, 6.07) is 11.2. The fourth-order valence-corrected chi connectivity index (χ4v) is 1.80. The van der Waals surface area contributed by atoms with Gasteiger partial charge in [0.2, 0.25) is 0 Å². The van der Waals surface area contributed by atoms with Crippen molar-refractivity contribution >= 4 is 12.2 Å². The molecule has 5 nitrogen and oxygen atoms in total. The van der Waals surface area contributed by atoms with Crippen molar-refractivity contribution in [3.63, 3.8) is 0 Å². The summed E-state index contributed by atoms with van der Waals surface area (Å²) in [6.07, 6.45) is 9.19. The second-order valence-electron chi connectivity index (χ2n) is 4.24. The van der Waals surface area contributed by atoms with Gasteiger partial charge in [-0.3, -0.25) is 4.79 Å². The van der Waals surface area contributed by atoms with Gasteiger partial charge in [-0.2, -0.15) is 5.10 Å². The van der Waals surface area contributed by atoms with Gasteiger partial charge in [-0.15, -0.1) is 0 Å². The van der Waals surface area contributed by atoms with Crippen molar-refractivity contribution in [2.75, 3.05) is 0 Å². The first-order valence-electron chi connectivity index (χ1n) is 6.13. The minimum atomic E-state index is -0.202. The number of H-pyrrole nitrogens is 1. The number of rotatable bonds is 3. The number of aromatic amines is 1. The zero-order valence-corrected chi connectivity index (χ0v) is 10.6. The van der Waals surface area contributed by atoms with Crippen LogP contribution in [0.2, 0.25) is 0 Å². The van der Waals surface area contributed by atoms with Gasteiger partial charge < -0.3 is 4.57 Å². The Hall–Kier alpha value is -2.95. The quantitative estimate of drug-likeness (QED) is 0.788. The van der Waals surface area contributed by atoms with Crippen molar-refractivity contribution in [3.05, 3.63) is 76.7 Å². The molecular formula is C15H12N4O. The molecule has 0 atom stereocenters. The summed E-state index contributed by atoms with van der Waals surface area (Å²) in [5.41, 5.74) is 2.62. The fourth-order valence-electron chi connectivity index (χ4n) is 1.80. The number of hydrogen-bond donors (Lipinski definition) is 1. The van der Waals surface area contributed by atoms with Gasteiger partial charge in [-0.25, -0.2) is 10.1 Å². The van der Waals surface area contributed by atoms with Gasteiger partial charge in [0.15, 0.2) is 0 Å². The second-order valence-corrected chi connectivity index (χ2v) is 4.24. The van der Waals surface area contributed by atoms with Crippen molar-refractivity contribution in [2.24, 2.45) is 0 Å². The highest BCUT2D eigenvalue weighted by Crippen LogP contribution is 2.11. The van der Waals surface area contributed by atoms with E-state index in [2.05, 4.69) is 15.2 Å². The van der Waals surface area contributed by atoms with E-state index in [0.717, 1.165) is 11.3 Å². The molecule has 98 valence electrons. The molecule has 2 heterocycles. The van der Waals surface area contributed by atoms with Gasteiger partial charge in [0, 0.05) is 24.1 Å². The smallest absolute Gasteiger partial charge is 0.264 e. The van der Waals surface area contributed by atoms with Crippen molar-refractivity contribution in [3.8, 4) is 5.69 Å². The van der Waals surface area contributed by atoms with Gasteiger partial charge in [0.25, 0.3) is 5.56 Å². The first-order chi connectivity index (χ1) is 9.81. The fraction of sp³-hybridized carbons (Fsp3) is 0. The monoisotopic (exact) mass is 264 g/mol. The van der Waals surface area contributed by atoms with E-state index in [0.29, 0.717) is 5.69 Å². The third kappa shape index (κ3) is 2.72. The lowest BCUT2D eigenvalue weighted by molar-refractivity contribution is 0.977. The lowest BCUT2D eigenvalue weighted by Gasteiger charge is -2.01. The van der Waals surface area contributed by atoms with Crippen LogP contribution in [-0.4, -0.2) is 19.7 Å². The Morgan fingerprint density at radius 3 is 2.55 bits per heavy atom. The maximum atomic E-state index is 10.9. The van der Waals surface area contributed by atoms with E-state index in [1.54, 1.807) is 18.6 Å². The lowest BCUT2D eigenvalue weighted by Crippen LogP contribution is -2.05. The average molecular weight is 264 g/mol. The number of hydrogen-bond acceptors (Lipinski definition) is 3. The lowest BCUT2D eigenvalue weighted by atomic mass is 10.2. The van der Waals surface area contributed by atoms with Crippen LogP contribution >= 0.6 is 0 Å². The molecule has 0 spiro atoms. The van der Waals surface area contributed by atoms with Gasteiger partial charge in [0.05, 0.1) is 12.0 Å². The van der Waals surface area contributed by atoms with E-state index >= 15 is 0 Å². The first-order valence-corrected chi connectivity index (χ1v) is 6.13. The first kappa shape index (κ1) is 12.1. The third-order valence-electron chi connectivity index (χ3n) is 2.84. The SMILES string of the molecule is O=c1ccc(C=Cc2ccc(-n3ccnc3)cc2)n[nH]1. The summed E-state index contributed by atoms with van der Waals surface area (Å²) in [5, 5.41) is 6.31. The summed E-state index contributed by atoms with van der Waals surface area (Å²) >= 11 is 0. The van der Waals surface area contributed by atoms with Crippen LogP contribution in [0.25, 0.3) is 17.8 Å². The molecule has 0 aliphatic heterocycles. The van der Waals surface area contributed by atoms with Crippen LogP contribution in [0.4, 0.5) is 0 Å². The standard InChI is InChI=1S/C15H12N4O/c20-15-8-5-13(17-18-15)4-1-12-2-6-14(7-3-12)19-10-9-16-11-19/h1-11H,(H,18,20). The summed E-state index contributed by atoms with van der Waals surface area (Å²) < 4.78 is 1.94. The largest absolute Gasteiger partial charge is 0.306 e. The van der Waals surface area contributed by atoms with E-state index in [1.165, 1.54) is 6.07 Å². The highest BCUT2D eigenvalue weighted by Gasteiger charge is 1.95. The van der Waals surface area contributed by atoms with Crippen molar-refractivity contribution in [1.82, 2.24) is 19.7 Å². The summed E-state index contributed by atoms with van der Waals surface area (Å²) in [7, 11) is 0. The molecule has 5 heteroatoms. The Balaban J connectivity index is 1.78. The normalized spacial score (nSPS) is 11.0. The maximum absolute atomic E-state index is 10.9. The predicted octanol–water partition coefficient (Wildman–Crippen LogP) is 2.13. The molecule has 0 aliphatic carbocycles. The highest BCUT2D eigenvalue weighted by atomic mass is 16.1. The topological polar surface area (TPSA) is 63.6 Å². The Bertz CT molecular complexity index is 750. The average Bonchev–Trinajstić information content (AvgIpc) is 3.01. The van der Waals surface area contributed by atoms with Crippen LogP contribution in [0.3, 0.4) is 0 Å². The number of nitrogens with one attached hydrogen (secondary N) is 1. The number of nitrogens with zero attached hydrogens (tertiary/aromatic N) is 3. The molecule has 20 heavy (non-hydrogen) atoms. The molecule has 0 aliphatic rings. The van der Waals surface area contributed by atoms with Gasteiger partial charge in [-0.05, 0) is 29.8 Å². The van der Waals surface area contributed by atoms with Crippen LogP contribution in [-0.2, 0) is 0 Å². The Labute approximate surface area is 115 Å². The molecule has 0 saturated carbocycles. The highest BCUT2D eigenvalue weighted by molar-refractivity contribution is 5.68. The molecule has 1 aromatic carbocycles. The molecule has 2 aromatic heterocycles. The molecule has 0 unspecified atom stereocenters. The van der Waals surface area contributed by atoms with E-state index in [1.807, 2.05) is 47.2 Å².